The fourth-order valence-electron chi connectivity index (χ4n) is 3.12. The first kappa shape index (κ1) is 14.3. The van der Waals surface area contributed by atoms with E-state index < -0.39 is 0 Å². The summed E-state index contributed by atoms with van der Waals surface area (Å²) in [6.45, 7) is 4.95. The molecule has 2 aliphatic heterocycles. The van der Waals surface area contributed by atoms with Crippen molar-refractivity contribution in [1.82, 2.24) is 15.3 Å². The van der Waals surface area contributed by atoms with E-state index in [1.807, 2.05) is 0 Å². The lowest BCUT2D eigenvalue weighted by Gasteiger charge is -2.23. The van der Waals surface area contributed by atoms with E-state index in [2.05, 4.69) is 26.3 Å². The number of ether oxygens (including phenoxy) is 1. The van der Waals surface area contributed by atoms with Crippen molar-refractivity contribution < 1.29 is 9.53 Å². The third kappa shape index (κ3) is 3.50. The lowest BCUT2D eigenvalue weighted by atomic mass is 9.96. The van der Waals surface area contributed by atoms with Gasteiger partial charge in [-0.3, -0.25) is 4.79 Å². The zero-order valence-corrected chi connectivity index (χ0v) is 12.4. The molecular weight excluding hydrogens is 268 g/mol. The average Bonchev–Trinajstić information content (AvgIpc) is 2.96. The Bertz CT molecular complexity index is 502. The van der Waals surface area contributed by atoms with Crippen molar-refractivity contribution in [3.63, 3.8) is 0 Å². The first-order valence-electron chi connectivity index (χ1n) is 7.64. The molecule has 1 N–H and O–H groups in total. The molecule has 3 rings (SSSR count). The molecule has 0 bridgehead atoms. The van der Waals surface area contributed by atoms with Crippen LogP contribution in [0.2, 0.25) is 0 Å². The summed E-state index contributed by atoms with van der Waals surface area (Å²) in [5.41, 5.74) is 1.12. The van der Waals surface area contributed by atoms with E-state index in [4.69, 9.17) is 4.74 Å². The predicted molar refractivity (Wildman–Crippen MR) is 79.3 cm³/mol. The minimum Gasteiger partial charge on any atom is -0.381 e. The average molecular weight is 290 g/mol. The molecule has 1 amide bonds. The zero-order chi connectivity index (χ0) is 14.7. The fourth-order valence-corrected chi connectivity index (χ4v) is 3.12. The van der Waals surface area contributed by atoms with E-state index in [0.29, 0.717) is 5.92 Å². The Labute approximate surface area is 124 Å². The largest absolute Gasteiger partial charge is 0.381 e. The van der Waals surface area contributed by atoms with E-state index in [0.717, 1.165) is 57.1 Å². The predicted octanol–water partition coefficient (Wildman–Crippen LogP) is 1.09. The Hall–Kier alpha value is -1.69. The maximum absolute atomic E-state index is 11.1. The molecule has 0 aromatic carbocycles. The van der Waals surface area contributed by atoms with Gasteiger partial charge in [0.25, 0.3) is 0 Å². The topological polar surface area (TPSA) is 67.4 Å². The highest BCUT2D eigenvalue weighted by molar-refractivity contribution is 5.73. The normalized spacial score (nSPS) is 23.3. The highest BCUT2D eigenvalue weighted by Crippen LogP contribution is 2.27. The summed E-state index contributed by atoms with van der Waals surface area (Å²) >= 11 is 0. The minimum atomic E-state index is 0.0347. The molecule has 1 atom stereocenters. The van der Waals surface area contributed by atoms with Crippen molar-refractivity contribution >= 4 is 11.7 Å². The van der Waals surface area contributed by atoms with Gasteiger partial charge in [-0.1, -0.05) is 0 Å². The van der Waals surface area contributed by atoms with Gasteiger partial charge in [0.15, 0.2) is 0 Å². The smallest absolute Gasteiger partial charge is 0.217 e. The Balaban J connectivity index is 1.67. The molecule has 6 nitrogen and oxygen atoms in total. The van der Waals surface area contributed by atoms with Crippen molar-refractivity contribution in [2.75, 3.05) is 31.2 Å². The molecule has 2 saturated heterocycles. The van der Waals surface area contributed by atoms with Crippen molar-refractivity contribution in [2.45, 2.75) is 38.1 Å². The number of hydrogen-bond donors (Lipinski definition) is 1. The van der Waals surface area contributed by atoms with Crippen molar-refractivity contribution in [1.29, 1.82) is 0 Å². The Morgan fingerprint density at radius 3 is 2.90 bits per heavy atom. The van der Waals surface area contributed by atoms with Crippen molar-refractivity contribution in [3.8, 4) is 0 Å². The van der Waals surface area contributed by atoms with Crippen LogP contribution in [0, 0.1) is 0 Å². The van der Waals surface area contributed by atoms with Gasteiger partial charge in [-0.2, -0.15) is 0 Å². The molecule has 1 aromatic rings. The highest BCUT2D eigenvalue weighted by Gasteiger charge is 2.25. The van der Waals surface area contributed by atoms with Crippen LogP contribution in [0.3, 0.4) is 0 Å². The maximum atomic E-state index is 11.1. The van der Waals surface area contributed by atoms with Gasteiger partial charge < -0.3 is 15.0 Å². The highest BCUT2D eigenvalue weighted by atomic mass is 16.5. The van der Waals surface area contributed by atoms with Gasteiger partial charge >= 0.3 is 0 Å². The Morgan fingerprint density at radius 2 is 2.14 bits per heavy atom. The second-order valence-electron chi connectivity index (χ2n) is 5.82. The van der Waals surface area contributed by atoms with Crippen molar-refractivity contribution in [3.05, 3.63) is 18.1 Å². The molecule has 2 aliphatic rings. The number of aromatic nitrogens is 2. The van der Waals surface area contributed by atoms with Crippen molar-refractivity contribution in [2.24, 2.45) is 0 Å². The number of anilines is 1. The van der Waals surface area contributed by atoms with Crippen LogP contribution in [0.15, 0.2) is 12.4 Å². The van der Waals surface area contributed by atoms with Gasteiger partial charge in [0.05, 0.1) is 0 Å². The van der Waals surface area contributed by atoms with Crippen LogP contribution in [0.4, 0.5) is 5.82 Å². The van der Waals surface area contributed by atoms with Crippen LogP contribution >= 0.6 is 0 Å². The molecule has 0 aliphatic carbocycles. The summed E-state index contributed by atoms with van der Waals surface area (Å²) in [6, 6.07) is 2.33. The molecule has 3 heterocycles. The fraction of sp³-hybridized carbons (Fsp3) is 0.667. The molecule has 6 heteroatoms. The molecule has 1 aromatic heterocycles. The molecule has 0 saturated carbocycles. The van der Waals surface area contributed by atoms with Crippen LogP contribution in [0.25, 0.3) is 0 Å². The molecule has 2 fully saturated rings. The number of hydrogen-bond acceptors (Lipinski definition) is 5. The lowest BCUT2D eigenvalue weighted by Crippen LogP contribution is -2.35. The Morgan fingerprint density at radius 1 is 1.33 bits per heavy atom. The van der Waals surface area contributed by atoms with E-state index in [9.17, 15) is 4.79 Å². The summed E-state index contributed by atoms with van der Waals surface area (Å²) in [5, 5.41) is 2.98. The van der Waals surface area contributed by atoms with Gasteiger partial charge in [0.2, 0.25) is 5.91 Å². The first-order valence-corrected chi connectivity index (χ1v) is 7.64. The molecule has 114 valence electrons. The van der Waals surface area contributed by atoms with Crippen LogP contribution in [0.5, 0.6) is 0 Å². The Kier molecular flexibility index (Phi) is 4.34. The number of amides is 1. The zero-order valence-electron chi connectivity index (χ0n) is 12.4. The third-order valence-corrected chi connectivity index (χ3v) is 4.23. The summed E-state index contributed by atoms with van der Waals surface area (Å²) in [5.74, 6) is 1.49. The molecular formula is C15H22N4O2. The first-order chi connectivity index (χ1) is 10.2. The second-order valence-corrected chi connectivity index (χ2v) is 5.82. The van der Waals surface area contributed by atoms with E-state index in [1.165, 1.54) is 0 Å². The van der Waals surface area contributed by atoms with Gasteiger partial charge in [-0.05, 0) is 19.3 Å². The van der Waals surface area contributed by atoms with Crippen LogP contribution in [0.1, 0.15) is 37.8 Å². The van der Waals surface area contributed by atoms with Crippen LogP contribution in [-0.4, -0.2) is 48.2 Å². The molecule has 21 heavy (non-hydrogen) atoms. The monoisotopic (exact) mass is 290 g/mol. The summed E-state index contributed by atoms with van der Waals surface area (Å²) in [4.78, 5) is 22.2. The van der Waals surface area contributed by atoms with E-state index >= 15 is 0 Å². The second kappa shape index (κ2) is 6.39. The number of nitrogens with one attached hydrogen (secondary N) is 1. The van der Waals surface area contributed by atoms with E-state index in [1.54, 1.807) is 13.3 Å². The van der Waals surface area contributed by atoms with Gasteiger partial charge in [-0.15, -0.1) is 0 Å². The minimum absolute atomic E-state index is 0.0347. The standard InChI is InChI=1S/C15H22N4O2/c1-11(20)18-13-2-5-19(9-13)15-8-14(16-10-17-15)12-3-6-21-7-4-12/h8,10,12-13H,2-7,9H2,1H3,(H,18,20). The molecule has 1 unspecified atom stereocenters. The SMILES string of the molecule is CC(=O)NC1CCN(c2cc(C3CCOCC3)ncn2)C1. The van der Waals surface area contributed by atoms with Gasteiger partial charge in [0.1, 0.15) is 12.1 Å². The maximum Gasteiger partial charge on any atom is 0.217 e. The van der Waals surface area contributed by atoms with E-state index in [-0.39, 0.29) is 11.9 Å². The summed E-state index contributed by atoms with van der Waals surface area (Å²) in [6.07, 6.45) is 4.69. The number of carbonyl (C=O) groups excluding carboxylic acids is 1. The van der Waals surface area contributed by atoms with Crippen LogP contribution < -0.4 is 10.2 Å². The molecule has 0 spiro atoms. The quantitative estimate of drug-likeness (QED) is 0.902. The third-order valence-electron chi connectivity index (χ3n) is 4.23. The summed E-state index contributed by atoms with van der Waals surface area (Å²) in [7, 11) is 0. The summed E-state index contributed by atoms with van der Waals surface area (Å²) < 4.78 is 5.41. The van der Waals surface area contributed by atoms with Crippen LogP contribution in [-0.2, 0) is 9.53 Å². The molecule has 0 radical (unpaired) electrons. The lowest BCUT2D eigenvalue weighted by molar-refractivity contribution is -0.119. The van der Waals surface area contributed by atoms with Gasteiger partial charge in [0, 0.05) is 56.9 Å². The number of nitrogens with zero attached hydrogens (tertiary/aromatic N) is 3. The number of carbonyl (C=O) groups is 1. The number of rotatable bonds is 3. The van der Waals surface area contributed by atoms with Gasteiger partial charge in [-0.25, -0.2) is 9.97 Å².